The van der Waals surface area contributed by atoms with Gasteiger partial charge in [0.05, 0.1) is 0 Å². The van der Waals surface area contributed by atoms with Crippen molar-refractivity contribution in [1.82, 2.24) is 9.80 Å². The molecule has 0 heterocycles. The molecule has 0 aromatic heterocycles. The van der Waals surface area contributed by atoms with Gasteiger partial charge in [0.15, 0.2) is 0 Å². The predicted octanol–water partition coefficient (Wildman–Crippen LogP) is 1.40. The second-order valence-corrected chi connectivity index (χ2v) is 3.87. The lowest BCUT2D eigenvalue weighted by molar-refractivity contribution is -0.144. The number of amides is 2. The highest BCUT2D eigenvalue weighted by Gasteiger charge is 2.35. The van der Waals surface area contributed by atoms with Gasteiger partial charge in [-0.15, -0.1) is 0 Å². The molecule has 0 fully saturated rings. The molecule has 0 aromatic carbocycles. The van der Waals surface area contributed by atoms with Crippen LogP contribution < -0.4 is 0 Å². The zero-order valence-corrected chi connectivity index (χ0v) is 9.78. The highest BCUT2D eigenvalue weighted by atomic mass is 19.4. The molecule has 0 rings (SSSR count). The smallest absolute Gasteiger partial charge is 0.406 e. The molecule has 0 saturated carbocycles. The lowest BCUT2D eigenvalue weighted by atomic mass is 10.3. The van der Waals surface area contributed by atoms with Gasteiger partial charge in [0.2, 0.25) is 0 Å². The minimum atomic E-state index is -4.51. The lowest BCUT2D eigenvalue weighted by Gasteiger charge is -2.31. The quantitative estimate of drug-likeness (QED) is 0.827. The standard InChI is InChI=1S/C9H15F3N2O3/c1-6(2)14(5-9(10,11)12)8(17)13(3)4-7(15)16/h6H,4-5H2,1-3H3,(H,15,16). The molecule has 0 bridgehead atoms. The minimum Gasteiger partial charge on any atom is -0.480 e. The first-order valence-electron chi connectivity index (χ1n) is 4.85. The fourth-order valence-corrected chi connectivity index (χ4v) is 1.15. The SMILES string of the molecule is CC(C)N(CC(F)(F)F)C(=O)N(C)CC(=O)O. The van der Waals surface area contributed by atoms with E-state index in [0.717, 1.165) is 11.9 Å². The van der Waals surface area contributed by atoms with Gasteiger partial charge in [0, 0.05) is 13.1 Å². The van der Waals surface area contributed by atoms with Gasteiger partial charge in [-0.3, -0.25) is 4.79 Å². The highest BCUT2D eigenvalue weighted by molar-refractivity contribution is 5.80. The van der Waals surface area contributed by atoms with Crippen LogP contribution in [0.25, 0.3) is 0 Å². The van der Waals surface area contributed by atoms with Crippen molar-refractivity contribution >= 4 is 12.0 Å². The Kier molecular flexibility index (Phi) is 5.24. The number of nitrogens with zero attached hydrogens (tertiary/aromatic N) is 2. The lowest BCUT2D eigenvalue weighted by Crippen LogP contribution is -2.49. The summed E-state index contributed by atoms with van der Waals surface area (Å²) in [6, 6.07) is -1.62. The molecule has 100 valence electrons. The van der Waals surface area contributed by atoms with Gasteiger partial charge in [-0.25, -0.2) is 4.79 Å². The molecule has 5 nitrogen and oxygen atoms in total. The van der Waals surface area contributed by atoms with Crippen LogP contribution in [0.3, 0.4) is 0 Å². The molecule has 8 heteroatoms. The average Bonchev–Trinajstić information content (AvgIpc) is 2.10. The van der Waals surface area contributed by atoms with Gasteiger partial charge in [0.25, 0.3) is 0 Å². The molecule has 1 N–H and O–H groups in total. The number of hydrogen-bond acceptors (Lipinski definition) is 2. The Morgan fingerprint density at radius 2 is 1.76 bits per heavy atom. The zero-order valence-electron chi connectivity index (χ0n) is 9.78. The summed E-state index contributed by atoms with van der Waals surface area (Å²) < 4.78 is 36.7. The number of rotatable bonds is 4. The van der Waals surface area contributed by atoms with Crippen molar-refractivity contribution in [3.63, 3.8) is 0 Å². The van der Waals surface area contributed by atoms with Crippen LogP contribution in [0.2, 0.25) is 0 Å². The summed E-state index contributed by atoms with van der Waals surface area (Å²) in [6.45, 7) is 0.823. The Bertz CT molecular complexity index is 292. The summed E-state index contributed by atoms with van der Waals surface area (Å²) in [4.78, 5) is 23.2. The first kappa shape index (κ1) is 15.5. The molecular formula is C9H15F3N2O3. The Morgan fingerprint density at radius 3 is 2.06 bits per heavy atom. The van der Waals surface area contributed by atoms with E-state index >= 15 is 0 Å². The van der Waals surface area contributed by atoms with Gasteiger partial charge >= 0.3 is 18.2 Å². The topological polar surface area (TPSA) is 60.9 Å². The van der Waals surface area contributed by atoms with Crippen LogP contribution in [-0.4, -0.2) is 59.3 Å². The van der Waals surface area contributed by atoms with Gasteiger partial charge < -0.3 is 14.9 Å². The number of carboxylic acid groups (broad SMARTS) is 1. The number of hydrogen-bond donors (Lipinski definition) is 1. The Balaban J connectivity index is 4.71. The van der Waals surface area contributed by atoms with E-state index < -0.39 is 37.3 Å². The number of urea groups is 1. The van der Waals surface area contributed by atoms with Crippen LogP contribution in [0.4, 0.5) is 18.0 Å². The summed E-state index contributed by atoms with van der Waals surface area (Å²) in [7, 11) is 1.14. The van der Waals surface area contributed by atoms with E-state index in [1.807, 2.05) is 0 Å². The molecule has 0 radical (unpaired) electrons. The van der Waals surface area contributed by atoms with Crippen LogP contribution in [0.15, 0.2) is 0 Å². The number of likely N-dealkylation sites (N-methyl/N-ethyl adjacent to an activating group) is 1. The molecule has 0 aliphatic heterocycles. The molecule has 0 spiro atoms. The normalized spacial score (nSPS) is 11.5. The van der Waals surface area contributed by atoms with E-state index in [4.69, 9.17) is 5.11 Å². The summed E-state index contributed by atoms with van der Waals surface area (Å²) in [5.41, 5.74) is 0. The molecule has 0 unspecified atom stereocenters. The van der Waals surface area contributed by atoms with Gasteiger partial charge in [0.1, 0.15) is 13.1 Å². The minimum absolute atomic E-state index is 0.572. The third kappa shape index (κ3) is 5.98. The number of aliphatic carboxylic acids is 1. The van der Waals surface area contributed by atoms with Gasteiger partial charge in [-0.2, -0.15) is 13.2 Å². The average molecular weight is 256 g/mol. The van der Waals surface area contributed by atoms with Gasteiger partial charge in [-0.1, -0.05) is 0 Å². The molecule has 17 heavy (non-hydrogen) atoms. The maximum atomic E-state index is 12.2. The molecule has 0 atom stereocenters. The number of halogens is 3. The maximum absolute atomic E-state index is 12.2. The maximum Gasteiger partial charge on any atom is 0.406 e. The van der Waals surface area contributed by atoms with Crippen LogP contribution in [0.1, 0.15) is 13.8 Å². The van der Waals surface area contributed by atoms with Crippen molar-refractivity contribution in [3.05, 3.63) is 0 Å². The monoisotopic (exact) mass is 256 g/mol. The Hall–Kier alpha value is -1.47. The fourth-order valence-electron chi connectivity index (χ4n) is 1.15. The number of alkyl halides is 3. The third-order valence-electron chi connectivity index (χ3n) is 1.92. The molecule has 0 aliphatic carbocycles. The summed E-state index contributed by atoms with van der Waals surface area (Å²) >= 11 is 0. The predicted molar refractivity (Wildman–Crippen MR) is 53.6 cm³/mol. The number of carboxylic acids is 1. The van der Waals surface area contributed by atoms with E-state index in [2.05, 4.69) is 0 Å². The number of carbonyl (C=O) groups is 2. The van der Waals surface area contributed by atoms with Crippen molar-refractivity contribution in [2.24, 2.45) is 0 Å². The van der Waals surface area contributed by atoms with Gasteiger partial charge in [-0.05, 0) is 13.8 Å². The van der Waals surface area contributed by atoms with Crippen LogP contribution in [-0.2, 0) is 4.79 Å². The van der Waals surface area contributed by atoms with Crippen LogP contribution >= 0.6 is 0 Å². The summed E-state index contributed by atoms with van der Waals surface area (Å²) in [5.74, 6) is -1.28. The molecule has 0 aromatic rings. The second-order valence-electron chi connectivity index (χ2n) is 3.87. The molecule has 0 aliphatic rings. The molecule has 0 saturated heterocycles. The van der Waals surface area contributed by atoms with E-state index in [9.17, 15) is 22.8 Å². The van der Waals surface area contributed by atoms with Crippen molar-refractivity contribution in [3.8, 4) is 0 Å². The van der Waals surface area contributed by atoms with Crippen molar-refractivity contribution in [1.29, 1.82) is 0 Å². The third-order valence-corrected chi connectivity index (χ3v) is 1.92. The second kappa shape index (κ2) is 5.74. The fraction of sp³-hybridized carbons (Fsp3) is 0.778. The summed E-state index contributed by atoms with van der Waals surface area (Å²) in [5, 5.41) is 8.45. The van der Waals surface area contributed by atoms with E-state index in [0.29, 0.717) is 4.90 Å². The van der Waals surface area contributed by atoms with Crippen molar-refractivity contribution in [2.45, 2.75) is 26.1 Å². The van der Waals surface area contributed by atoms with Crippen molar-refractivity contribution < 1.29 is 27.9 Å². The van der Waals surface area contributed by atoms with Crippen LogP contribution in [0.5, 0.6) is 0 Å². The molecular weight excluding hydrogens is 241 g/mol. The number of carbonyl (C=O) groups excluding carboxylic acids is 1. The summed E-state index contributed by atoms with van der Waals surface area (Å²) in [6.07, 6.45) is -4.51. The van der Waals surface area contributed by atoms with E-state index in [1.54, 1.807) is 0 Å². The molecule has 2 amide bonds. The largest absolute Gasteiger partial charge is 0.480 e. The van der Waals surface area contributed by atoms with E-state index in [1.165, 1.54) is 13.8 Å². The Morgan fingerprint density at radius 1 is 1.29 bits per heavy atom. The highest BCUT2D eigenvalue weighted by Crippen LogP contribution is 2.18. The van der Waals surface area contributed by atoms with Crippen LogP contribution in [0, 0.1) is 0 Å². The van der Waals surface area contributed by atoms with Crippen molar-refractivity contribution in [2.75, 3.05) is 20.1 Å². The first-order chi connectivity index (χ1) is 7.54. The zero-order chi connectivity index (χ0) is 13.8. The first-order valence-corrected chi connectivity index (χ1v) is 4.85. The van der Waals surface area contributed by atoms with E-state index in [-0.39, 0.29) is 0 Å². The Labute approximate surface area is 96.8 Å².